The third-order valence-electron chi connectivity index (χ3n) is 6.96. The van der Waals surface area contributed by atoms with E-state index in [4.69, 9.17) is 0 Å². The first kappa shape index (κ1) is 20.8. The van der Waals surface area contributed by atoms with Crippen LogP contribution >= 0.6 is 0 Å². The van der Waals surface area contributed by atoms with Gasteiger partial charge in [0, 0.05) is 11.6 Å². The zero-order valence-corrected chi connectivity index (χ0v) is 19.8. The van der Waals surface area contributed by atoms with E-state index in [0.29, 0.717) is 5.92 Å². The molecule has 0 aliphatic rings. The van der Waals surface area contributed by atoms with Gasteiger partial charge in [-0.25, -0.2) is 4.57 Å². The zero-order chi connectivity index (χ0) is 20.5. The van der Waals surface area contributed by atoms with Crippen molar-refractivity contribution in [2.45, 2.75) is 65.6 Å². The predicted octanol–water partition coefficient (Wildman–Crippen LogP) is 6.48. The molecule has 0 saturated heterocycles. The van der Waals surface area contributed by atoms with Crippen molar-refractivity contribution >= 4 is 24.0 Å². The number of fused-ring (bicyclic) bond motifs is 1. The lowest BCUT2D eigenvalue weighted by molar-refractivity contribution is -0.659. The van der Waals surface area contributed by atoms with E-state index in [9.17, 15) is 0 Å². The van der Waals surface area contributed by atoms with Gasteiger partial charge in [-0.05, 0) is 41.5 Å². The Bertz CT molecular complexity index is 975. The molecule has 1 aromatic heterocycles. The lowest BCUT2D eigenvalue weighted by Crippen LogP contribution is -2.45. The van der Waals surface area contributed by atoms with Crippen LogP contribution in [0.2, 0.25) is 18.1 Å². The molecule has 2 aromatic carbocycles. The third-order valence-corrected chi connectivity index (χ3v) is 12.6. The third kappa shape index (κ3) is 3.55. The van der Waals surface area contributed by atoms with Crippen LogP contribution in [0, 0.1) is 6.92 Å². The van der Waals surface area contributed by atoms with Crippen molar-refractivity contribution in [1.82, 2.24) is 0 Å². The minimum atomic E-state index is -1.36. The molecule has 0 aliphatic carbocycles. The monoisotopic (exact) mass is 390 g/mol. The predicted molar refractivity (Wildman–Crippen MR) is 126 cm³/mol. The van der Waals surface area contributed by atoms with Gasteiger partial charge in [0.25, 0.3) is 0 Å². The molecule has 28 heavy (non-hydrogen) atoms. The first-order valence-corrected chi connectivity index (χ1v) is 13.5. The van der Waals surface area contributed by atoms with Crippen LogP contribution in [0.15, 0.2) is 48.7 Å². The Balaban J connectivity index is 2.26. The summed E-state index contributed by atoms with van der Waals surface area (Å²) in [5.74, 6) is 0.538. The Kier molecular flexibility index (Phi) is 6.09. The molecule has 148 valence electrons. The number of hydrogen-bond acceptors (Lipinski definition) is 0. The highest BCUT2D eigenvalue weighted by atomic mass is 28.3. The Morgan fingerprint density at radius 1 is 0.893 bits per heavy atom. The van der Waals surface area contributed by atoms with Crippen molar-refractivity contribution in [3.05, 3.63) is 59.8 Å². The maximum absolute atomic E-state index is 2.50. The highest BCUT2D eigenvalue weighted by Crippen LogP contribution is 2.31. The van der Waals surface area contributed by atoms with Gasteiger partial charge in [0.05, 0.1) is 13.5 Å². The molecular formula is C26H36NSi+. The van der Waals surface area contributed by atoms with Crippen LogP contribution in [-0.2, 0) is 7.05 Å². The van der Waals surface area contributed by atoms with Crippen LogP contribution in [0.5, 0.6) is 0 Å². The van der Waals surface area contributed by atoms with Crippen molar-refractivity contribution in [3.63, 3.8) is 0 Å². The number of nitrogens with zero attached hydrogens (tertiary/aromatic N) is 1. The number of aromatic nitrogens is 1. The fourth-order valence-corrected chi connectivity index (χ4v) is 8.28. The number of pyridine rings is 1. The van der Waals surface area contributed by atoms with Gasteiger partial charge in [-0.2, -0.15) is 0 Å². The van der Waals surface area contributed by atoms with Crippen molar-refractivity contribution in [2.75, 3.05) is 0 Å². The Morgan fingerprint density at radius 2 is 1.57 bits per heavy atom. The van der Waals surface area contributed by atoms with E-state index >= 15 is 0 Å². The van der Waals surface area contributed by atoms with Crippen LogP contribution < -0.4 is 9.75 Å². The molecule has 0 unspecified atom stereocenters. The SMILES string of the molecule is CC[Si](CC)(CC)c1ccc2c(-c3cc(C(C)C)ccc3C)[n+](C)ccc2c1. The lowest BCUT2D eigenvalue weighted by Gasteiger charge is -2.29. The molecule has 3 rings (SSSR count). The van der Waals surface area contributed by atoms with E-state index < -0.39 is 8.07 Å². The summed E-state index contributed by atoms with van der Waals surface area (Å²) in [5, 5.41) is 4.37. The molecule has 0 amide bonds. The highest BCUT2D eigenvalue weighted by molar-refractivity contribution is 6.91. The Hall–Kier alpha value is -1.93. The summed E-state index contributed by atoms with van der Waals surface area (Å²) < 4.78 is 2.29. The summed E-state index contributed by atoms with van der Waals surface area (Å²) in [4.78, 5) is 0. The molecule has 0 saturated carbocycles. The Labute approximate surface area is 172 Å². The van der Waals surface area contributed by atoms with Crippen LogP contribution in [0.4, 0.5) is 0 Å². The van der Waals surface area contributed by atoms with E-state index in [1.54, 1.807) is 5.19 Å². The number of benzene rings is 2. The summed E-state index contributed by atoms with van der Waals surface area (Å²) in [6.45, 7) is 13.9. The van der Waals surface area contributed by atoms with Crippen molar-refractivity contribution in [2.24, 2.45) is 7.05 Å². The maximum atomic E-state index is 2.50. The van der Waals surface area contributed by atoms with Crippen molar-refractivity contribution < 1.29 is 4.57 Å². The van der Waals surface area contributed by atoms with E-state index in [1.165, 1.54) is 51.3 Å². The van der Waals surface area contributed by atoms with E-state index in [1.807, 2.05) is 0 Å². The number of hydrogen-bond donors (Lipinski definition) is 0. The van der Waals surface area contributed by atoms with Gasteiger partial charge in [-0.15, -0.1) is 0 Å². The zero-order valence-electron chi connectivity index (χ0n) is 18.8. The molecule has 2 heteroatoms. The van der Waals surface area contributed by atoms with Gasteiger partial charge >= 0.3 is 0 Å². The van der Waals surface area contributed by atoms with Gasteiger partial charge in [0.15, 0.2) is 6.20 Å². The quantitative estimate of drug-likeness (QED) is 0.335. The van der Waals surface area contributed by atoms with Crippen LogP contribution in [0.25, 0.3) is 22.0 Å². The standard InChI is InChI=1S/C26H36NSi/c1-8-28(9-2,10-3)23-13-14-24-22(17-23)15-16-27(7)26(24)25-18-21(19(4)5)12-11-20(25)6/h11-19H,8-10H2,1-7H3/q+1. The van der Waals surface area contributed by atoms with E-state index in [0.717, 1.165) is 0 Å². The second-order valence-electron chi connectivity index (χ2n) is 8.65. The molecule has 1 heterocycles. The van der Waals surface area contributed by atoms with E-state index in [2.05, 4.69) is 102 Å². The molecular weight excluding hydrogens is 354 g/mol. The molecule has 3 aromatic rings. The fraction of sp³-hybridized carbons (Fsp3) is 0.423. The van der Waals surface area contributed by atoms with Crippen molar-refractivity contribution in [1.29, 1.82) is 0 Å². The summed E-state index contributed by atoms with van der Waals surface area (Å²) in [6, 6.07) is 20.6. The van der Waals surface area contributed by atoms with Crippen LogP contribution in [0.1, 0.15) is 51.7 Å². The maximum Gasteiger partial charge on any atom is 0.220 e. The smallest absolute Gasteiger partial charge is 0.200 e. The summed E-state index contributed by atoms with van der Waals surface area (Å²) >= 11 is 0. The van der Waals surface area contributed by atoms with Gasteiger partial charge in [0.1, 0.15) is 7.05 Å². The van der Waals surface area contributed by atoms with Crippen molar-refractivity contribution in [3.8, 4) is 11.3 Å². The van der Waals surface area contributed by atoms with Gasteiger partial charge < -0.3 is 0 Å². The molecule has 0 aliphatic heterocycles. The summed E-state index contributed by atoms with van der Waals surface area (Å²) in [6.07, 6.45) is 2.23. The van der Waals surface area contributed by atoms with Gasteiger partial charge in [-0.1, -0.05) is 82.2 Å². The normalized spacial score (nSPS) is 12.1. The summed E-state index contributed by atoms with van der Waals surface area (Å²) in [7, 11) is 0.811. The van der Waals surface area contributed by atoms with Crippen LogP contribution in [0.3, 0.4) is 0 Å². The molecule has 0 N–H and O–H groups in total. The summed E-state index contributed by atoms with van der Waals surface area (Å²) in [5.41, 5.74) is 5.44. The van der Waals surface area contributed by atoms with Gasteiger partial charge in [-0.3, -0.25) is 0 Å². The minimum absolute atomic E-state index is 0.538. The fourth-order valence-electron chi connectivity index (χ4n) is 4.65. The number of aryl methyl sites for hydroxylation is 2. The first-order chi connectivity index (χ1) is 13.4. The molecule has 0 radical (unpaired) electrons. The van der Waals surface area contributed by atoms with Crippen LogP contribution in [-0.4, -0.2) is 8.07 Å². The molecule has 0 fully saturated rings. The second kappa shape index (κ2) is 8.20. The van der Waals surface area contributed by atoms with Gasteiger partial charge in [0.2, 0.25) is 5.69 Å². The first-order valence-electron chi connectivity index (χ1n) is 10.9. The topological polar surface area (TPSA) is 3.88 Å². The lowest BCUT2D eigenvalue weighted by atomic mass is 9.94. The second-order valence-corrected chi connectivity index (χ2v) is 13.9. The minimum Gasteiger partial charge on any atom is -0.200 e. The highest BCUT2D eigenvalue weighted by Gasteiger charge is 2.29. The average molecular weight is 391 g/mol. The molecule has 0 atom stereocenters. The molecule has 0 bridgehead atoms. The molecule has 1 nitrogen and oxygen atoms in total. The Morgan fingerprint density at radius 3 is 2.18 bits per heavy atom. The van der Waals surface area contributed by atoms with E-state index in [-0.39, 0.29) is 0 Å². The average Bonchev–Trinajstić information content (AvgIpc) is 2.70. The molecule has 0 spiro atoms. The largest absolute Gasteiger partial charge is 0.220 e. The number of rotatable bonds is 6.